The molecular formula is C16H25N3O3. The van der Waals surface area contributed by atoms with Gasteiger partial charge in [0, 0.05) is 38.4 Å². The summed E-state index contributed by atoms with van der Waals surface area (Å²) in [6.07, 6.45) is 0.484. The number of hydrogen-bond acceptors (Lipinski definition) is 4. The number of anilines is 1. The molecule has 1 heterocycles. The molecule has 1 aromatic carbocycles. The molecule has 2 N–H and O–H groups in total. The number of aliphatic hydroxyl groups is 1. The molecule has 0 bridgehead atoms. The minimum absolute atomic E-state index is 0.0825. The van der Waals surface area contributed by atoms with Gasteiger partial charge < -0.3 is 20.1 Å². The van der Waals surface area contributed by atoms with Gasteiger partial charge in [0.1, 0.15) is 5.75 Å². The summed E-state index contributed by atoms with van der Waals surface area (Å²) in [4.78, 5) is 16.2. The quantitative estimate of drug-likeness (QED) is 0.867. The maximum absolute atomic E-state index is 12.2. The van der Waals surface area contributed by atoms with Gasteiger partial charge in [0.15, 0.2) is 0 Å². The molecule has 1 atom stereocenters. The fraction of sp³-hybridized carbons (Fsp3) is 0.562. The van der Waals surface area contributed by atoms with Gasteiger partial charge in [-0.3, -0.25) is 4.90 Å². The number of urea groups is 1. The molecule has 1 aromatic rings. The molecule has 2 amide bonds. The zero-order valence-electron chi connectivity index (χ0n) is 13.3. The van der Waals surface area contributed by atoms with Crippen molar-refractivity contribution in [3.63, 3.8) is 0 Å². The zero-order chi connectivity index (χ0) is 15.9. The normalized spacial score (nSPS) is 17.1. The molecule has 122 valence electrons. The van der Waals surface area contributed by atoms with Gasteiger partial charge in [-0.25, -0.2) is 4.79 Å². The van der Waals surface area contributed by atoms with E-state index in [1.807, 2.05) is 31.2 Å². The highest BCUT2D eigenvalue weighted by molar-refractivity contribution is 5.89. The molecule has 2 rings (SSSR count). The molecule has 1 fully saturated rings. The van der Waals surface area contributed by atoms with Crippen LogP contribution in [0.1, 0.15) is 13.3 Å². The molecule has 22 heavy (non-hydrogen) atoms. The van der Waals surface area contributed by atoms with Crippen molar-refractivity contribution in [1.82, 2.24) is 9.80 Å². The van der Waals surface area contributed by atoms with Gasteiger partial charge in [-0.2, -0.15) is 0 Å². The first-order valence-electron chi connectivity index (χ1n) is 7.72. The monoisotopic (exact) mass is 307 g/mol. The van der Waals surface area contributed by atoms with E-state index in [1.165, 1.54) is 0 Å². The number of hydrogen-bond donors (Lipinski definition) is 2. The van der Waals surface area contributed by atoms with Crippen LogP contribution in [-0.2, 0) is 0 Å². The third-order valence-electron chi connectivity index (χ3n) is 3.94. The van der Waals surface area contributed by atoms with E-state index in [0.29, 0.717) is 19.6 Å². The number of carbonyl (C=O) groups excluding carboxylic acids is 1. The highest BCUT2D eigenvalue weighted by atomic mass is 16.5. The molecule has 0 spiro atoms. The maximum atomic E-state index is 12.2. The number of carbonyl (C=O) groups is 1. The van der Waals surface area contributed by atoms with E-state index in [1.54, 1.807) is 12.0 Å². The van der Waals surface area contributed by atoms with Crippen molar-refractivity contribution >= 4 is 11.7 Å². The van der Waals surface area contributed by atoms with Crippen LogP contribution in [-0.4, -0.2) is 66.9 Å². The zero-order valence-corrected chi connectivity index (χ0v) is 13.3. The minimum atomic E-state index is -0.278. The second kappa shape index (κ2) is 8.00. The average molecular weight is 307 g/mol. The largest absolute Gasteiger partial charge is 0.497 e. The first kappa shape index (κ1) is 16.6. The van der Waals surface area contributed by atoms with Crippen LogP contribution in [0.4, 0.5) is 10.5 Å². The number of rotatable bonds is 5. The Hall–Kier alpha value is -1.79. The first-order valence-corrected chi connectivity index (χ1v) is 7.72. The van der Waals surface area contributed by atoms with Crippen LogP contribution >= 0.6 is 0 Å². The van der Waals surface area contributed by atoms with Gasteiger partial charge in [0.05, 0.1) is 13.2 Å². The smallest absolute Gasteiger partial charge is 0.321 e. The van der Waals surface area contributed by atoms with E-state index in [0.717, 1.165) is 30.9 Å². The average Bonchev–Trinajstić information content (AvgIpc) is 2.56. The van der Waals surface area contributed by atoms with Crippen LogP contribution < -0.4 is 10.1 Å². The molecular weight excluding hydrogens is 282 g/mol. The SMILES string of the molecule is CC[C@@H](O)CN1CCN(C(=O)Nc2ccc(OC)cc2)CC1. The number of amides is 2. The van der Waals surface area contributed by atoms with Crippen LogP contribution in [0.25, 0.3) is 0 Å². The van der Waals surface area contributed by atoms with E-state index >= 15 is 0 Å². The van der Waals surface area contributed by atoms with Crippen LogP contribution in [0.3, 0.4) is 0 Å². The number of β-amino-alcohol motifs (C(OH)–C–C–N with tert-alkyl or cyclic N) is 1. The summed E-state index contributed by atoms with van der Waals surface area (Å²) in [5.41, 5.74) is 0.759. The number of piperazine rings is 1. The standard InChI is InChI=1S/C16H25N3O3/c1-3-14(20)12-18-8-10-19(11-9-18)16(21)17-13-4-6-15(22-2)7-5-13/h4-7,14,20H,3,8-12H2,1-2H3,(H,17,21)/t14-/m1/s1. The Balaban J connectivity index is 1.79. The molecule has 1 aliphatic heterocycles. The highest BCUT2D eigenvalue weighted by Crippen LogP contribution is 2.16. The van der Waals surface area contributed by atoms with Gasteiger partial charge in [-0.15, -0.1) is 0 Å². The molecule has 0 aromatic heterocycles. The molecule has 1 aliphatic rings. The molecule has 0 unspecified atom stereocenters. The van der Waals surface area contributed by atoms with Crippen molar-refractivity contribution in [2.45, 2.75) is 19.4 Å². The van der Waals surface area contributed by atoms with E-state index in [4.69, 9.17) is 4.74 Å². The summed E-state index contributed by atoms with van der Waals surface area (Å²) >= 11 is 0. The topological polar surface area (TPSA) is 65.0 Å². The Kier molecular flexibility index (Phi) is 6.03. The number of nitrogens with one attached hydrogen (secondary N) is 1. The Bertz CT molecular complexity index is 470. The summed E-state index contributed by atoms with van der Waals surface area (Å²) in [6.45, 7) is 5.62. The van der Waals surface area contributed by atoms with Crippen LogP contribution in [0.15, 0.2) is 24.3 Å². The van der Waals surface area contributed by atoms with Crippen LogP contribution in [0, 0.1) is 0 Å². The Labute approximate surface area is 131 Å². The maximum Gasteiger partial charge on any atom is 0.321 e. The second-order valence-electron chi connectivity index (χ2n) is 5.51. The fourth-order valence-electron chi connectivity index (χ4n) is 2.44. The molecule has 0 aliphatic carbocycles. The van der Waals surface area contributed by atoms with Gasteiger partial charge in [-0.05, 0) is 30.7 Å². The van der Waals surface area contributed by atoms with Gasteiger partial charge in [-0.1, -0.05) is 6.92 Å². The van der Waals surface area contributed by atoms with E-state index in [2.05, 4.69) is 10.2 Å². The van der Waals surface area contributed by atoms with Crippen molar-refractivity contribution < 1.29 is 14.6 Å². The number of ether oxygens (including phenoxy) is 1. The minimum Gasteiger partial charge on any atom is -0.497 e. The second-order valence-corrected chi connectivity index (χ2v) is 5.51. The molecule has 6 nitrogen and oxygen atoms in total. The lowest BCUT2D eigenvalue weighted by atomic mass is 10.2. The van der Waals surface area contributed by atoms with Gasteiger partial charge in [0.25, 0.3) is 0 Å². The fourth-order valence-corrected chi connectivity index (χ4v) is 2.44. The number of nitrogens with zero attached hydrogens (tertiary/aromatic N) is 2. The third-order valence-corrected chi connectivity index (χ3v) is 3.94. The Morgan fingerprint density at radius 3 is 2.45 bits per heavy atom. The number of aliphatic hydroxyl groups excluding tert-OH is 1. The molecule has 0 saturated carbocycles. The lowest BCUT2D eigenvalue weighted by Gasteiger charge is -2.35. The Morgan fingerprint density at radius 2 is 1.91 bits per heavy atom. The van der Waals surface area contributed by atoms with Crippen molar-refractivity contribution in [3.8, 4) is 5.75 Å². The highest BCUT2D eigenvalue weighted by Gasteiger charge is 2.22. The summed E-state index contributed by atoms with van der Waals surface area (Å²) in [5.74, 6) is 0.765. The molecule has 0 radical (unpaired) electrons. The van der Waals surface area contributed by atoms with E-state index < -0.39 is 0 Å². The van der Waals surface area contributed by atoms with Crippen LogP contribution in [0.5, 0.6) is 5.75 Å². The molecule has 6 heteroatoms. The summed E-state index contributed by atoms with van der Waals surface area (Å²) < 4.78 is 5.09. The lowest BCUT2D eigenvalue weighted by molar-refractivity contribution is 0.0812. The molecule has 1 saturated heterocycles. The van der Waals surface area contributed by atoms with Gasteiger partial charge >= 0.3 is 6.03 Å². The van der Waals surface area contributed by atoms with Crippen LogP contribution in [0.2, 0.25) is 0 Å². The predicted octanol–water partition coefficient (Wildman–Crippen LogP) is 1.62. The summed E-state index contributed by atoms with van der Waals surface area (Å²) in [7, 11) is 1.61. The van der Waals surface area contributed by atoms with Gasteiger partial charge in [0.2, 0.25) is 0 Å². The van der Waals surface area contributed by atoms with Crippen molar-refractivity contribution in [2.75, 3.05) is 45.2 Å². The van der Waals surface area contributed by atoms with Crippen molar-refractivity contribution in [3.05, 3.63) is 24.3 Å². The van der Waals surface area contributed by atoms with E-state index in [-0.39, 0.29) is 12.1 Å². The van der Waals surface area contributed by atoms with Crippen molar-refractivity contribution in [2.24, 2.45) is 0 Å². The third kappa shape index (κ3) is 4.61. The summed E-state index contributed by atoms with van der Waals surface area (Å²) in [6, 6.07) is 7.20. The number of benzene rings is 1. The first-order chi connectivity index (χ1) is 10.6. The number of methoxy groups -OCH3 is 1. The van der Waals surface area contributed by atoms with E-state index in [9.17, 15) is 9.90 Å². The lowest BCUT2D eigenvalue weighted by Crippen LogP contribution is -2.51. The van der Waals surface area contributed by atoms with Crippen molar-refractivity contribution in [1.29, 1.82) is 0 Å². The summed E-state index contributed by atoms with van der Waals surface area (Å²) in [5, 5.41) is 12.6. The Morgan fingerprint density at radius 1 is 1.27 bits per heavy atom. The predicted molar refractivity (Wildman–Crippen MR) is 86.3 cm³/mol.